The Bertz CT molecular complexity index is 619. The van der Waals surface area contributed by atoms with Crippen molar-refractivity contribution in [2.24, 2.45) is 5.92 Å². The summed E-state index contributed by atoms with van der Waals surface area (Å²) in [5, 5.41) is 12.3. The molecule has 3 atom stereocenters. The van der Waals surface area contributed by atoms with Gasteiger partial charge in [-0.25, -0.2) is 4.79 Å². The van der Waals surface area contributed by atoms with Gasteiger partial charge >= 0.3 is 6.16 Å². The standard InChI is InChI=1S/C18H23NO4.ClH/c20-17(21)23-11-22-13-5-4-12-9-16-14-3-1-2-6-18(14,7-8-19-16)15(12)10-13;/h4-5,10,14,16,19H,1-3,6-9,11H2,(H,20,21);1H/t14-,16+,18+;/m0./s1. The molecule has 2 bridgehead atoms. The first kappa shape index (κ1) is 17.4. The fraction of sp³-hybridized carbons (Fsp3) is 0.611. The van der Waals surface area contributed by atoms with Crippen LogP contribution < -0.4 is 10.1 Å². The summed E-state index contributed by atoms with van der Waals surface area (Å²) < 4.78 is 9.94. The molecule has 1 saturated carbocycles. The number of rotatable bonds is 3. The lowest BCUT2D eigenvalue weighted by molar-refractivity contribution is 0.0256. The highest BCUT2D eigenvalue weighted by Crippen LogP contribution is 2.54. The van der Waals surface area contributed by atoms with E-state index in [4.69, 9.17) is 9.84 Å². The Morgan fingerprint density at radius 1 is 1.33 bits per heavy atom. The van der Waals surface area contributed by atoms with E-state index in [1.54, 1.807) is 0 Å². The van der Waals surface area contributed by atoms with Crippen molar-refractivity contribution >= 4 is 18.6 Å². The lowest BCUT2D eigenvalue weighted by Crippen LogP contribution is -2.59. The van der Waals surface area contributed by atoms with Crippen LogP contribution in [0.5, 0.6) is 5.75 Å². The molecule has 1 aromatic carbocycles. The molecule has 1 aromatic rings. The van der Waals surface area contributed by atoms with Crippen LogP contribution in [0, 0.1) is 5.92 Å². The normalized spacial score (nSPS) is 30.3. The van der Waals surface area contributed by atoms with Crippen LogP contribution in [0.15, 0.2) is 18.2 Å². The Hall–Kier alpha value is -1.46. The van der Waals surface area contributed by atoms with Gasteiger partial charge in [-0.1, -0.05) is 18.9 Å². The van der Waals surface area contributed by atoms with Gasteiger partial charge in [-0.3, -0.25) is 0 Å². The van der Waals surface area contributed by atoms with Crippen LogP contribution in [0.3, 0.4) is 0 Å². The number of nitrogens with one attached hydrogen (secondary N) is 1. The van der Waals surface area contributed by atoms with E-state index in [0.29, 0.717) is 11.8 Å². The number of hydrogen-bond acceptors (Lipinski definition) is 4. The zero-order valence-corrected chi connectivity index (χ0v) is 14.4. The number of piperidine rings is 1. The summed E-state index contributed by atoms with van der Waals surface area (Å²) in [6, 6.07) is 6.83. The van der Waals surface area contributed by atoms with E-state index in [1.807, 2.05) is 6.07 Å². The molecular weight excluding hydrogens is 330 g/mol. The Morgan fingerprint density at radius 2 is 2.21 bits per heavy atom. The number of ether oxygens (including phenoxy) is 2. The van der Waals surface area contributed by atoms with E-state index >= 15 is 0 Å². The Labute approximate surface area is 148 Å². The highest BCUT2D eigenvalue weighted by molar-refractivity contribution is 5.85. The van der Waals surface area contributed by atoms with Gasteiger partial charge in [0.15, 0.2) is 0 Å². The largest absolute Gasteiger partial charge is 0.508 e. The summed E-state index contributed by atoms with van der Waals surface area (Å²) in [5.41, 5.74) is 3.15. The van der Waals surface area contributed by atoms with Gasteiger partial charge in [0.05, 0.1) is 0 Å². The van der Waals surface area contributed by atoms with Crippen molar-refractivity contribution in [1.29, 1.82) is 0 Å². The molecule has 2 fully saturated rings. The molecule has 6 heteroatoms. The molecule has 24 heavy (non-hydrogen) atoms. The highest BCUT2D eigenvalue weighted by Gasteiger charge is 2.51. The lowest BCUT2D eigenvalue weighted by Gasteiger charge is -2.56. The van der Waals surface area contributed by atoms with Crippen molar-refractivity contribution < 1.29 is 19.4 Å². The monoisotopic (exact) mass is 353 g/mol. The van der Waals surface area contributed by atoms with Gasteiger partial charge in [0.25, 0.3) is 0 Å². The molecule has 0 spiro atoms. The molecule has 0 radical (unpaired) electrons. The highest BCUT2D eigenvalue weighted by atomic mass is 35.5. The van der Waals surface area contributed by atoms with Gasteiger partial charge in [-0.05, 0) is 61.4 Å². The second kappa shape index (κ2) is 6.81. The van der Waals surface area contributed by atoms with Crippen molar-refractivity contribution in [3.8, 4) is 5.75 Å². The predicted molar refractivity (Wildman–Crippen MR) is 92.0 cm³/mol. The first-order valence-corrected chi connectivity index (χ1v) is 8.54. The minimum Gasteiger partial charge on any atom is -0.457 e. The number of halogens is 1. The molecule has 132 valence electrons. The molecule has 1 aliphatic heterocycles. The summed E-state index contributed by atoms with van der Waals surface area (Å²) in [7, 11) is 0. The maximum Gasteiger partial charge on any atom is 0.508 e. The van der Waals surface area contributed by atoms with Crippen LogP contribution in [0.4, 0.5) is 4.79 Å². The van der Waals surface area contributed by atoms with Crippen LogP contribution in [0.25, 0.3) is 0 Å². The van der Waals surface area contributed by atoms with E-state index in [2.05, 4.69) is 22.2 Å². The summed E-state index contributed by atoms with van der Waals surface area (Å²) >= 11 is 0. The molecule has 0 unspecified atom stereocenters. The van der Waals surface area contributed by atoms with Crippen molar-refractivity contribution in [3.63, 3.8) is 0 Å². The van der Waals surface area contributed by atoms with Crippen LogP contribution in [-0.2, 0) is 16.6 Å². The molecule has 0 aromatic heterocycles. The van der Waals surface area contributed by atoms with Crippen LogP contribution in [0.1, 0.15) is 43.2 Å². The smallest absolute Gasteiger partial charge is 0.457 e. The maximum atomic E-state index is 10.4. The second-order valence-electron chi connectivity index (χ2n) is 7.01. The SMILES string of the molecule is Cl.O=C(O)OCOc1ccc2c(c1)[C@@]13CCCC[C@H]1[C@@H](C2)NCC3. The zero-order chi connectivity index (χ0) is 15.9. The molecule has 1 heterocycles. The number of benzene rings is 1. The van der Waals surface area contributed by atoms with E-state index in [0.717, 1.165) is 18.9 Å². The lowest BCUT2D eigenvalue weighted by atomic mass is 9.53. The van der Waals surface area contributed by atoms with Gasteiger partial charge in [-0.2, -0.15) is 0 Å². The molecule has 2 aliphatic carbocycles. The average molecular weight is 354 g/mol. The minimum atomic E-state index is -1.31. The number of fused-ring (bicyclic) bond motifs is 1. The van der Waals surface area contributed by atoms with Crippen LogP contribution in [0.2, 0.25) is 0 Å². The summed E-state index contributed by atoms with van der Waals surface area (Å²) in [6.07, 6.45) is 6.18. The first-order chi connectivity index (χ1) is 11.2. The number of hydrogen-bond donors (Lipinski definition) is 2. The molecule has 3 aliphatic rings. The summed E-state index contributed by atoms with van der Waals surface area (Å²) in [5.74, 6) is 1.43. The maximum absolute atomic E-state index is 10.4. The molecule has 4 rings (SSSR count). The summed E-state index contributed by atoms with van der Waals surface area (Å²) in [4.78, 5) is 10.4. The fourth-order valence-electron chi connectivity index (χ4n) is 5.14. The van der Waals surface area contributed by atoms with Gasteiger partial charge in [0, 0.05) is 11.5 Å². The first-order valence-electron chi connectivity index (χ1n) is 8.54. The Morgan fingerprint density at radius 3 is 3.04 bits per heavy atom. The fourth-order valence-corrected chi connectivity index (χ4v) is 5.14. The minimum absolute atomic E-state index is 0. The molecular formula is C18H24ClNO4. The van der Waals surface area contributed by atoms with E-state index in [-0.39, 0.29) is 24.6 Å². The summed E-state index contributed by atoms with van der Waals surface area (Å²) in [6.45, 7) is 0.836. The average Bonchev–Trinajstić information content (AvgIpc) is 2.55. The van der Waals surface area contributed by atoms with Crippen molar-refractivity contribution in [2.45, 2.75) is 50.0 Å². The van der Waals surface area contributed by atoms with Crippen LogP contribution >= 0.6 is 12.4 Å². The zero-order valence-electron chi connectivity index (χ0n) is 13.6. The van der Waals surface area contributed by atoms with Gasteiger partial charge in [0.2, 0.25) is 6.79 Å². The van der Waals surface area contributed by atoms with Crippen LogP contribution in [-0.4, -0.2) is 30.6 Å². The quantitative estimate of drug-likeness (QED) is 0.643. The third-order valence-electron chi connectivity index (χ3n) is 6.03. The molecule has 1 saturated heterocycles. The van der Waals surface area contributed by atoms with E-state index < -0.39 is 6.16 Å². The molecule has 0 amide bonds. The van der Waals surface area contributed by atoms with Crippen molar-refractivity contribution in [1.82, 2.24) is 5.32 Å². The van der Waals surface area contributed by atoms with E-state index in [1.165, 1.54) is 43.2 Å². The Kier molecular flexibility index (Phi) is 4.92. The van der Waals surface area contributed by atoms with Gasteiger partial charge < -0.3 is 19.9 Å². The topological polar surface area (TPSA) is 67.8 Å². The second-order valence-corrected chi connectivity index (χ2v) is 7.01. The predicted octanol–water partition coefficient (Wildman–Crippen LogP) is 3.49. The van der Waals surface area contributed by atoms with E-state index in [9.17, 15) is 4.79 Å². The third-order valence-corrected chi connectivity index (χ3v) is 6.03. The molecule has 5 nitrogen and oxygen atoms in total. The number of carbonyl (C=O) groups is 1. The van der Waals surface area contributed by atoms with Crippen molar-refractivity contribution in [3.05, 3.63) is 29.3 Å². The third kappa shape index (κ3) is 2.84. The molecule has 2 N–H and O–H groups in total. The van der Waals surface area contributed by atoms with Gasteiger partial charge in [0.1, 0.15) is 5.75 Å². The van der Waals surface area contributed by atoms with Crippen molar-refractivity contribution in [2.75, 3.05) is 13.3 Å². The Balaban J connectivity index is 0.00000169. The number of carboxylic acid groups (broad SMARTS) is 1. The van der Waals surface area contributed by atoms with Gasteiger partial charge in [-0.15, -0.1) is 12.4 Å².